The lowest BCUT2D eigenvalue weighted by atomic mass is 10.0. The molecule has 0 radical (unpaired) electrons. The maximum atomic E-state index is 14.0. The van der Waals surface area contributed by atoms with E-state index in [0.29, 0.717) is 5.56 Å². The van der Waals surface area contributed by atoms with Crippen molar-refractivity contribution in [3.8, 4) is 5.75 Å². The van der Waals surface area contributed by atoms with Gasteiger partial charge in [0.15, 0.2) is 11.6 Å². The first-order valence-corrected chi connectivity index (χ1v) is 8.41. The van der Waals surface area contributed by atoms with Gasteiger partial charge in [-0.05, 0) is 56.5 Å². The minimum absolute atomic E-state index is 0.0906. The van der Waals surface area contributed by atoms with E-state index in [-0.39, 0.29) is 30.5 Å². The first kappa shape index (κ1) is 18.8. The number of carbonyl (C=O) groups excluding carboxylic acids is 1. The molecule has 2 N–H and O–H groups in total. The summed E-state index contributed by atoms with van der Waals surface area (Å²) in [5.41, 5.74) is 2.87. The summed E-state index contributed by atoms with van der Waals surface area (Å²) in [6, 6.07) is 12.2. The van der Waals surface area contributed by atoms with Crippen LogP contribution in [0.25, 0.3) is 0 Å². The van der Waals surface area contributed by atoms with Gasteiger partial charge in [0.1, 0.15) is 0 Å². The fourth-order valence-corrected chi connectivity index (χ4v) is 2.58. The largest absolute Gasteiger partial charge is 0.488 e. The number of halogens is 1. The molecule has 0 saturated heterocycles. The summed E-state index contributed by atoms with van der Waals surface area (Å²) in [5, 5.41) is 5.64. The van der Waals surface area contributed by atoms with Gasteiger partial charge in [-0.2, -0.15) is 0 Å². The van der Waals surface area contributed by atoms with Crippen molar-refractivity contribution in [2.75, 3.05) is 0 Å². The fourth-order valence-electron chi connectivity index (χ4n) is 2.58. The smallest absolute Gasteiger partial charge is 0.315 e. The predicted molar refractivity (Wildman–Crippen MR) is 97.1 cm³/mol. The van der Waals surface area contributed by atoms with E-state index in [1.54, 1.807) is 12.1 Å². The number of amides is 2. The Kier molecular flexibility index (Phi) is 6.39. The van der Waals surface area contributed by atoms with Crippen molar-refractivity contribution in [2.24, 2.45) is 0 Å². The quantitative estimate of drug-likeness (QED) is 0.812. The van der Waals surface area contributed by atoms with E-state index in [1.165, 1.54) is 6.07 Å². The van der Waals surface area contributed by atoms with Crippen LogP contribution < -0.4 is 15.4 Å². The topological polar surface area (TPSA) is 50.4 Å². The fraction of sp³-hybridized carbons (Fsp3) is 0.350. The summed E-state index contributed by atoms with van der Waals surface area (Å²) in [7, 11) is 0. The first-order chi connectivity index (χ1) is 11.9. The second kappa shape index (κ2) is 8.51. The number of ether oxygens (including phenoxy) is 1. The standard InChI is InChI=1S/C20H25FN2O2/c1-13(2)25-19-10-9-16(11-18(19)21)12-22-20(24)23-15(4)17-8-6-5-7-14(17)3/h5-11,13,15H,12H2,1-4H3,(H2,22,23,24). The molecule has 0 heterocycles. The van der Waals surface area contributed by atoms with Crippen LogP contribution in [0.5, 0.6) is 5.75 Å². The Morgan fingerprint density at radius 3 is 2.52 bits per heavy atom. The number of hydrogen-bond donors (Lipinski definition) is 2. The summed E-state index contributed by atoms with van der Waals surface area (Å²) < 4.78 is 19.3. The highest BCUT2D eigenvalue weighted by atomic mass is 19.1. The molecule has 0 aliphatic carbocycles. The molecule has 0 saturated carbocycles. The normalized spacial score (nSPS) is 11.9. The van der Waals surface area contributed by atoms with E-state index in [0.717, 1.165) is 11.1 Å². The van der Waals surface area contributed by atoms with Gasteiger partial charge in [0.25, 0.3) is 0 Å². The van der Waals surface area contributed by atoms with Crippen LogP contribution in [0.4, 0.5) is 9.18 Å². The van der Waals surface area contributed by atoms with E-state index in [1.807, 2.05) is 52.0 Å². The third-order valence-corrected chi connectivity index (χ3v) is 3.81. The highest BCUT2D eigenvalue weighted by Gasteiger charge is 2.12. The van der Waals surface area contributed by atoms with Gasteiger partial charge in [-0.25, -0.2) is 9.18 Å². The summed E-state index contributed by atoms with van der Waals surface area (Å²) >= 11 is 0. The molecule has 2 aromatic rings. The van der Waals surface area contributed by atoms with Crippen LogP contribution in [0, 0.1) is 12.7 Å². The van der Waals surface area contributed by atoms with Crippen LogP contribution >= 0.6 is 0 Å². The van der Waals surface area contributed by atoms with E-state index < -0.39 is 5.82 Å². The van der Waals surface area contributed by atoms with Crippen LogP contribution in [0.1, 0.15) is 43.5 Å². The van der Waals surface area contributed by atoms with Crippen LogP contribution in [-0.2, 0) is 6.54 Å². The Hall–Kier alpha value is -2.56. The van der Waals surface area contributed by atoms with Crippen molar-refractivity contribution >= 4 is 6.03 Å². The monoisotopic (exact) mass is 344 g/mol. The lowest BCUT2D eigenvalue weighted by Crippen LogP contribution is -2.36. The van der Waals surface area contributed by atoms with Gasteiger partial charge in [0.2, 0.25) is 0 Å². The Bertz CT molecular complexity index is 731. The van der Waals surface area contributed by atoms with Crippen LogP contribution in [0.3, 0.4) is 0 Å². The summed E-state index contributed by atoms with van der Waals surface area (Å²) in [5.74, 6) is -0.210. The van der Waals surface area contributed by atoms with Crippen LogP contribution in [0.15, 0.2) is 42.5 Å². The first-order valence-electron chi connectivity index (χ1n) is 8.41. The lowest BCUT2D eigenvalue weighted by Gasteiger charge is -2.17. The van der Waals surface area contributed by atoms with Gasteiger partial charge >= 0.3 is 6.03 Å². The molecular formula is C20H25FN2O2. The maximum Gasteiger partial charge on any atom is 0.315 e. The minimum Gasteiger partial charge on any atom is -0.488 e. The van der Waals surface area contributed by atoms with Gasteiger partial charge in [-0.3, -0.25) is 0 Å². The SMILES string of the molecule is Cc1ccccc1C(C)NC(=O)NCc1ccc(OC(C)C)c(F)c1. The van der Waals surface area contributed by atoms with E-state index in [9.17, 15) is 9.18 Å². The predicted octanol–water partition coefficient (Wildman–Crippen LogP) is 4.48. The molecule has 25 heavy (non-hydrogen) atoms. The molecule has 0 aromatic heterocycles. The molecule has 0 bridgehead atoms. The Morgan fingerprint density at radius 1 is 1.16 bits per heavy atom. The molecular weight excluding hydrogens is 319 g/mol. The number of carbonyl (C=O) groups is 1. The molecule has 0 spiro atoms. The third kappa shape index (κ3) is 5.48. The molecule has 2 rings (SSSR count). The van der Waals surface area contributed by atoms with Crippen molar-refractivity contribution in [2.45, 2.75) is 46.4 Å². The van der Waals surface area contributed by atoms with Crippen molar-refractivity contribution in [1.29, 1.82) is 0 Å². The van der Waals surface area contributed by atoms with Gasteiger partial charge in [0.05, 0.1) is 12.1 Å². The zero-order valence-corrected chi connectivity index (χ0v) is 15.1. The molecule has 1 atom stereocenters. The van der Waals surface area contributed by atoms with E-state index >= 15 is 0 Å². The van der Waals surface area contributed by atoms with Gasteiger partial charge < -0.3 is 15.4 Å². The van der Waals surface area contributed by atoms with Crippen molar-refractivity contribution in [3.05, 3.63) is 65.0 Å². The number of urea groups is 1. The molecule has 0 fully saturated rings. The summed E-state index contributed by atoms with van der Waals surface area (Å²) in [4.78, 5) is 12.1. The summed E-state index contributed by atoms with van der Waals surface area (Å²) in [6.07, 6.45) is -0.0906. The second-order valence-corrected chi connectivity index (χ2v) is 6.34. The molecule has 134 valence electrons. The second-order valence-electron chi connectivity index (χ2n) is 6.34. The number of rotatable bonds is 6. The highest BCUT2D eigenvalue weighted by Crippen LogP contribution is 2.20. The molecule has 2 amide bonds. The lowest BCUT2D eigenvalue weighted by molar-refractivity contribution is 0.231. The van der Waals surface area contributed by atoms with Gasteiger partial charge in [-0.15, -0.1) is 0 Å². The average molecular weight is 344 g/mol. The zero-order chi connectivity index (χ0) is 18.4. The van der Waals surface area contributed by atoms with Crippen LogP contribution in [0.2, 0.25) is 0 Å². The molecule has 2 aromatic carbocycles. The van der Waals surface area contributed by atoms with Crippen molar-refractivity contribution < 1.29 is 13.9 Å². The average Bonchev–Trinajstić information content (AvgIpc) is 2.55. The van der Waals surface area contributed by atoms with E-state index in [2.05, 4.69) is 10.6 Å². The molecule has 0 aliphatic rings. The van der Waals surface area contributed by atoms with Gasteiger partial charge in [-0.1, -0.05) is 30.3 Å². The van der Waals surface area contributed by atoms with E-state index in [4.69, 9.17) is 4.74 Å². The maximum absolute atomic E-state index is 14.0. The number of aryl methyl sites for hydroxylation is 1. The third-order valence-electron chi connectivity index (χ3n) is 3.81. The highest BCUT2D eigenvalue weighted by molar-refractivity contribution is 5.74. The zero-order valence-electron chi connectivity index (χ0n) is 15.1. The van der Waals surface area contributed by atoms with Crippen molar-refractivity contribution in [3.63, 3.8) is 0 Å². The van der Waals surface area contributed by atoms with Gasteiger partial charge in [0, 0.05) is 6.54 Å². The van der Waals surface area contributed by atoms with Crippen LogP contribution in [-0.4, -0.2) is 12.1 Å². The number of benzene rings is 2. The Morgan fingerprint density at radius 2 is 1.88 bits per heavy atom. The Labute approximate surface area is 148 Å². The number of hydrogen-bond acceptors (Lipinski definition) is 2. The summed E-state index contributed by atoms with van der Waals surface area (Å²) in [6.45, 7) is 7.86. The Balaban J connectivity index is 1.89. The molecule has 4 nitrogen and oxygen atoms in total. The number of nitrogens with one attached hydrogen (secondary N) is 2. The molecule has 5 heteroatoms. The minimum atomic E-state index is -0.429. The molecule has 0 aliphatic heterocycles. The van der Waals surface area contributed by atoms with Crippen molar-refractivity contribution in [1.82, 2.24) is 10.6 Å². The molecule has 1 unspecified atom stereocenters.